The van der Waals surface area contributed by atoms with Gasteiger partial charge in [0, 0.05) is 11.6 Å². The molecule has 0 fully saturated rings. The lowest BCUT2D eigenvalue weighted by molar-refractivity contribution is -0.138. The topological polar surface area (TPSA) is 42.4 Å². The molecular formula is C17H12ClF3N2O2. The average molecular weight is 369 g/mol. The van der Waals surface area contributed by atoms with Gasteiger partial charge >= 0.3 is 5.97 Å². The number of halogens is 4. The van der Waals surface area contributed by atoms with Gasteiger partial charge in [-0.05, 0) is 31.2 Å². The Hall–Kier alpha value is -2.54. The number of hydrogen-bond acceptors (Lipinski definition) is 4. The number of fused-ring (bicyclic) bond motifs is 1. The molecule has 1 aliphatic heterocycles. The summed E-state index contributed by atoms with van der Waals surface area (Å²) >= 11 is 5.73. The lowest BCUT2D eigenvalue weighted by Gasteiger charge is -2.30. The van der Waals surface area contributed by atoms with E-state index in [1.165, 1.54) is 17.0 Å². The van der Waals surface area contributed by atoms with Gasteiger partial charge in [-0.25, -0.2) is 22.9 Å². The molecule has 1 aromatic carbocycles. The van der Waals surface area contributed by atoms with E-state index in [2.05, 4.69) is 4.98 Å². The van der Waals surface area contributed by atoms with Crippen LogP contribution in [0.5, 0.6) is 0 Å². The van der Waals surface area contributed by atoms with Gasteiger partial charge in [0.2, 0.25) is 0 Å². The van der Waals surface area contributed by atoms with Crippen molar-refractivity contribution in [3.05, 3.63) is 58.0 Å². The van der Waals surface area contributed by atoms with Crippen molar-refractivity contribution in [1.82, 2.24) is 4.98 Å². The Kier molecular flexibility index (Phi) is 4.67. The third-order valence-corrected chi connectivity index (χ3v) is 3.86. The zero-order valence-corrected chi connectivity index (χ0v) is 13.8. The molecule has 3 rings (SSSR count). The second kappa shape index (κ2) is 6.76. The molecule has 1 aliphatic rings. The van der Waals surface area contributed by atoms with E-state index < -0.39 is 23.4 Å². The molecule has 1 aromatic heterocycles. The number of esters is 1. The minimum Gasteiger partial charge on any atom is -0.463 e. The van der Waals surface area contributed by atoms with Crippen LogP contribution in [0.25, 0.3) is 6.08 Å². The fraction of sp³-hybridized carbons (Fsp3) is 0.176. The Morgan fingerprint density at radius 2 is 2.04 bits per heavy atom. The molecule has 0 saturated heterocycles. The molecule has 0 aliphatic carbocycles. The van der Waals surface area contributed by atoms with Crippen LogP contribution in [0, 0.1) is 17.5 Å². The molecule has 130 valence electrons. The normalized spacial score (nSPS) is 13.3. The highest BCUT2D eigenvalue weighted by Crippen LogP contribution is 2.36. The second-order valence-corrected chi connectivity index (χ2v) is 5.60. The maximum atomic E-state index is 14.2. The first-order valence-electron chi connectivity index (χ1n) is 7.37. The molecule has 2 heterocycles. The smallest absolute Gasteiger partial charge is 0.335 e. The summed E-state index contributed by atoms with van der Waals surface area (Å²) < 4.78 is 46.2. The van der Waals surface area contributed by atoms with Gasteiger partial charge in [0.1, 0.15) is 17.5 Å². The van der Waals surface area contributed by atoms with E-state index in [9.17, 15) is 18.0 Å². The summed E-state index contributed by atoms with van der Waals surface area (Å²) in [6.45, 7) is 1.72. The number of nitrogens with zero attached hydrogens (tertiary/aromatic N) is 2. The van der Waals surface area contributed by atoms with Crippen LogP contribution in [0.3, 0.4) is 0 Å². The molecule has 8 heteroatoms. The zero-order chi connectivity index (χ0) is 18.1. The molecule has 0 saturated carbocycles. The average Bonchev–Trinajstić information content (AvgIpc) is 2.55. The van der Waals surface area contributed by atoms with Crippen molar-refractivity contribution in [2.45, 2.75) is 6.92 Å². The quantitative estimate of drug-likeness (QED) is 0.600. The summed E-state index contributed by atoms with van der Waals surface area (Å²) in [4.78, 5) is 17.3. The Morgan fingerprint density at radius 1 is 1.28 bits per heavy atom. The van der Waals surface area contributed by atoms with Crippen molar-refractivity contribution in [2.24, 2.45) is 0 Å². The standard InChI is InChI=1S/C17H12ClF3N2O2/c1-2-25-17(24)10-5-9-6-13(21)15(18)22-16(9)23(8-10)14-4-3-11(19)7-12(14)20/h3-7H,2,8H2,1H3. The van der Waals surface area contributed by atoms with Crippen molar-refractivity contribution in [3.8, 4) is 0 Å². The largest absolute Gasteiger partial charge is 0.463 e. The lowest BCUT2D eigenvalue weighted by atomic mass is 10.0. The van der Waals surface area contributed by atoms with Crippen LogP contribution in [0.1, 0.15) is 12.5 Å². The number of ether oxygens (including phenoxy) is 1. The van der Waals surface area contributed by atoms with Crippen LogP contribution in [-0.4, -0.2) is 24.1 Å². The molecule has 4 nitrogen and oxygen atoms in total. The molecule has 25 heavy (non-hydrogen) atoms. The van der Waals surface area contributed by atoms with Gasteiger partial charge in [0.15, 0.2) is 11.0 Å². The van der Waals surface area contributed by atoms with E-state index >= 15 is 0 Å². The summed E-state index contributed by atoms with van der Waals surface area (Å²) in [5, 5.41) is -0.390. The fourth-order valence-electron chi connectivity index (χ4n) is 2.52. The molecule has 0 N–H and O–H groups in total. The number of hydrogen-bond donors (Lipinski definition) is 0. The minimum atomic E-state index is -0.849. The minimum absolute atomic E-state index is 0.0206. The van der Waals surface area contributed by atoms with Crippen LogP contribution >= 0.6 is 11.6 Å². The van der Waals surface area contributed by atoms with Gasteiger partial charge < -0.3 is 9.64 Å². The summed E-state index contributed by atoms with van der Waals surface area (Å²) in [5.74, 6) is -2.83. The number of pyridine rings is 1. The van der Waals surface area contributed by atoms with E-state index in [1.54, 1.807) is 6.92 Å². The third kappa shape index (κ3) is 3.32. The zero-order valence-electron chi connectivity index (χ0n) is 13.0. The highest BCUT2D eigenvalue weighted by Gasteiger charge is 2.28. The number of rotatable bonds is 3. The molecule has 0 unspecified atom stereocenters. The van der Waals surface area contributed by atoms with Crippen molar-refractivity contribution in [3.63, 3.8) is 0 Å². The highest BCUT2D eigenvalue weighted by atomic mass is 35.5. The van der Waals surface area contributed by atoms with E-state index in [1.807, 2.05) is 0 Å². The Morgan fingerprint density at radius 3 is 2.72 bits per heavy atom. The summed E-state index contributed by atoms with van der Waals surface area (Å²) in [5.41, 5.74) is 0.397. The van der Waals surface area contributed by atoms with Crippen molar-refractivity contribution in [1.29, 1.82) is 0 Å². The molecule has 0 radical (unpaired) electrons. The van der Waals surface area contributed by atoms with E-state index in [0.29, 0.717) is 6.07 Å². The van der Waals surface area contributed by atoms with Crippen molar-refractivity contribution < 1.29 is 22.7 Å². The Balaban J connectivity index is 2.15. The first-order valence-corrected chi connectivity index (χ1v) is 7.74. The van der Waals surface area contributed by atoms with Gasteiger partial charge in [0.05, 0.1) is 24.4 Å². The fourth-order valence-corrected chi connectivity index (χ4v) is 2.65. The number of carbonyl (C=O) groups excluding carboxylic acids is 1. The van der Waals surface area contributed by atoms with Gasteiger partial charge in [-0.3, -0.25) is 0 Å². The highest BCUT2D eigenvalue weighted by molar-refractivity contribution is 6.29. The predicted molar refractivity (Wildman–Crippen MR) is 87.2 cm³/mol. The third-order valence-electron chi connectivity index (χ3n) is 3.59. The van der Waals surface area contributed by atoms with Gasteiger partial charge in [-0.1, -0.05) is 11.6 Å². The monoisotopic (exact) mass is 368 g/mol. The summed E-state index contributed by atoms with van der Waals surface area (Å²) in [7, 11) is 0. The van der Waals surface area contributed by atoms with E-state index in [4.69, 9.17) is 16.3 Å². The number of carbonyl (C=O) groups is 1. The second-order valence-electron chi connectivity index (χ2n) is 5.25. The molecule has 2 aromatic rings. The Bertz CT molecular complexity index is 886. The molecule has 0 spiro atoms. The van der Waals surface area contributed by atoms with Gasteiger partial charge in [-0.2, -0.15) is 0 Å². The Labute approximate surface area is 146 Å². The number of anilines is 2. The van der Waals surface area contributed by atoms with Crippen LogP contribution in [-0.2, 0) is 9.53 Å². The first-order chi connectivity index (χ1) is 11.9. The van der Waals surface area contributed by atoms with Crippen molar-refractivity contribution in [2.75, 3.05) is 18.1 Å². The van der Waals surface area contributed by atoms with Crippen LogP contribution in [0.2, 0.25) is 5.15 Å². The maximum absolute atomic E-state index is 14.2. The van der Waals surface area contributed by atoms with Gasteiger partial charge in [-0.15, -0.1) is 0 Å². The molecule has 0 bridgehead atoms. The number of benzene rings is 1. The molecule has 0 atom stereocenters. The van der Waals surface area contributed by atoms with Crippen LogP contribution < -0.4 is 4.90 Å². The first kappa shape index (κ1) is 17.3. The van der Waals surface area contributed by atoms with E-state index in [0.717, 1.165) is 12.1 Å². The van der Waals surface area contributed by atoms with E-state index in [-0.39, 0.29) is 40.9 Å². The lowest BCUT2D eigenvalue weighted by Crippen LogP contribution is -2.29. The van der Waals surface area contributed by atoms with Crippen LogP contribution in [0.4, 0.5) is 24.7 Å². The summed E-state index contributed by atoms with van der Waals surface area (Å²) in [6.07, 6.45) is 1.41. The molecule has 0 amide bonds. The van der Waals surface area contributed by atoms with Crippen molar-refractivity contribution >= 4 is 35.2 Å². The predicted octanol–water partition coefficient (Wildman–Crippen LogP) is 4.25. The summed E-state index contributed by atoms with van der Waals surface area (Å²) in [6, 6.07) is 4.09. The molecular weight excluding hydrogens is 357 g/mol. The maximum Gasteiger partial charge on any atom is 0.335 e. The van der Waals surface area contributed by atoms with Gasteiger partial charge in [0.25, 0.3) is 0 Å². The number of aromatic nitrogens is 1. The SMILES string of the molecule is CCOC(=O)C1=Cc2cc(F)c(Cl)nc2N(c2ccc(F)cc2F)C1. The van der Waals surface area contributed by atoms with Crippen LogP contribution in [0.15, 0.2) is 29.8 Å².